The van der Waals surface area contributed by atoms with Crippen LogP contribution in [0.5, 0.6) is 0 Å². The third kappa shape index (κ3) is 4.00. The van der Waals surface area contributed by atoms with E-state index in [9.17, 15) is 9.59 Å². The Kier molecular flexibility index (Phi) is 5.65. The predicted molar refractivity (Wildman–Crippen MR) is 130 cm³/mol. The van der Waals surface area contributed by atoms with Crippen molar-refractivity contribution >= 4 is 34.3 Å². The molecule has 33 heavy (non-hydrogen) atoms. The van der Waals surface area contributed by atoms with E-state index in [2.05, 4.69) is 28.2 Å². The molecule has 1 aliphatic rings. The molecule has 0 fully saturated rings. The van der Waals surface area contributed by atoms with Gasteiger partial charge in [0.2, 0.25) is 5.91 Å². The lowest BCUT2D eigenvalue weighted by atomic mass is 9.97. The van der Waals surface area contributed by atoms with E-state index in [-0.39, 0.29) is 24.4 Å². The van der Waals surface area contributed by atoms with E-state index in [0.717, 1.165) is 27.6 Å². The highest BCUT2D eigenvalue weighted by atomic mass is 35.5. The Morgan fingerprint density at radius 1 is 0.970 bits per heavy atom. The zero-order valence-electron chi connectivity index (χ0n) is 18.3. The highest BCUT2D eigenvalue weighted by Crippen LogP contribution is 2.41. The lowest BCUT2D eigenvalue weighted by Gasteiger charge is -2.25. The van der Waals surface area contributed by atoms with E-state index in [4.69, 9.17) is 11.6 Å². The zero-order chi connectivity index (χ0) is 22.9. The molecule has 0 aliphatic carbocycles. The van der Waals surface area contributed by atoms with Crippen LogP contribution >= 0.6 is 11.6 Å². The molecule has 1 unspecified atom stereocenters. The minimum absolute atomic E-state index is 0.00200. The van der Waals surface area contributed by atoms with Crippen molar-refractivity contribution in [3.05, 3.63) is 106 Å². The van der Waals surface area contributed by atoms with Crippen molar-refractivity contribution in [2.45, 2.75) is 12.5 Å². The maximum atomic E-state index is 13.3. The maximum absolute atomic E-state index is 13.3. The number of carbonyl (C=O) groups is 2. The van der Waals surface area contributed by atoms with Gasteiger partial charge in [-0.25, -0.2) is 0 Å². The lowest BCUT2D eigenvalue weighted by molar-refractivity contribution is -0.122. The van der Waals surface area contributed by atoms with Gasteiger partial charge < -0.3 is 14.8 Å². The predicted octanol–water partition coefficient (Wildman–Crippen LogP) is 4.74. The van der Waals surface area contributed by atoms with Crippen molar-refractivity contribution in [1.29, 1.82) is 0 Å². The molecule has 5 rings (SSSR count). The summed E-state index contributed by atoms with van der Waals surface area (Å²) < 4.78 is 2.07. The molecule has 4 aromatic rings. The minimum atomic E-state index is -0.304. The Hall–Kier alpha value is -3.57. The number of carbonyl (C=O) groups excluding carboxylic acids is 2. The van der Waals surface area contributed by atoms with Crippen LogP contribution < -0.4 is 5.32 Å². The van der Waals surface area contributed by atoms with Crippen molar-refractivity contribution < 1.29 is 9.59 Å². The molecular formula is C27H24ClN3O2. The van der Waals surface area contributed by atoms with Crippen LogP contribution in [0.15, 0.2) is 79.0 Å². The van der Waals surface area contributed by atoms with Gasteiger partial charge in [-0.1, -0.05) is 60.1 Å². The molecule has 6 heteroatoms. The van der Waals surface area contributed by atoms with Crippen LogP contribution in [0.4, 0.5) is 0 Å². The van der Waals surface area contributed by atoms with Crippen molar-refractivity contribution in [2.75, 3.05) is 13.1 Å². The number of hydrogen-bond acceptors (Lipinski definition) is 2. The first-order valence-electron chi connectivity index (χ1n) is 11.0. The number of aromatic nitrogens is 1. The van der Waals surface area contributed by atoms with Gasteiger partial charge in [0, 0.05) is 46.8 Å². The molecule has 0 saturated carbocycles. The molecule has 1 aromatic heterocycles. The molecule has 1 atom stereocenters. The van der Waals surface area contributed by atoms with E-state index >= 15 is 0 Å². The number of benzene rings is 3. The van der Waals surface area contributed by atoms with E-state index in [1.54, 1.807) is 4.90 Å². The van der Waals surface area contributed by atoms with Crippen molar-refractivity contribution in [3.8, 4) is 0 Å². The second-order valence-corrected chi connectivity index (χ2v) is 8.80. The van der Waals surface area contributed by atoms with Gasteiger partial charge in [0.25, 0.3) is 5.91 Å². The second kappa shape index (κ2) is 8.75. The van der Waals surface area contributed by atoms with Crippen molar-refractivity contribution in [1.82, 2.24) is 14.8 Å². The Balaban J connectivity index is 1.39. The third-order valence-electron chi connectivity index (χ3n) is 6.24. The first-order chi connectivity index (χ1) is 16.0. The molecule has 5 nitrogen and oxygen atoms in total. The molecule has 0 saturated heterocycles. The standard InChI is InChI=1S/C27H24ClN3O2/c1-30-16-23(20-6-4-5-9-24(20)30)26-21-7-2-3-8-22(21)27(33)31(26)17-25(32)29-15-14-18-10-12-19(28)13-11-18/h2-13,16,26H,14-15,17H2,1H3,(H,29,32). The Labute approximate surface area is 197 Å². The fraction of sp³-hybridized carbons (Fsp3) is 0.185. The summed E-state index contributed by atoms with van der Waals surface area (Å²) in [5, 5.41) is 4.74. The number of amides is 2. The molecule has 0 radical (unpaired) electrons. The summed E-state index contributed by atoms with van der Waals surface area (Å²) >= 11 is 5.94. The summed E-state index contributed by atoms with van der Waals surface area (Å²) in [4.78, 5) is 27.9. The normalized spacial score (nSPS) is 15.2. The van der Waals surface area contributed by atoms with Gasteiger partial charge in [-0.05, 0) is 41.8 Å². The first-order valence-corrected chi connectivity index (χ1v) is 11.4. The number of nitrogens with one attached hydrogen (secondary N) is 1. The average Bonchev–Trinajstić information content (AvgIpc) is 3.29. The second-order valence-electron chi connectivity index (χ2n) is 8.36. The summed E-state index contributed by atoms with van der Waals surface area (Å²) in [6.45, 7) is 0.496. The first kappa shape index (κ1) is 21.3. The van der Waals surface area contributed by atoms with Crippen LogP contribution in [0, 0.1) is 0 Å². The Bertz CT molecular complexity index is 1340. The molecule has 2 heterocycles. The molecule has 166 valence electrons. The molecular weight excluding hydrogens is 434 g/mol. The van der Waals surface area contributed by atoms with E-state index in [0.29, 0.717) is 23.6 Å². The largest absolute Gasteiger partial charge is 0.354 e. The van der Waals surface area contributed by atoms with Crippen LogP contribution in [0.2, 0.25) is 5.02 Å². The molecule has 1 aliphatic heterocycles. The molecule has 0 bridgehead atoms. The summed E-state index contributed by atoms with van der Waals surface area (Å²) in [6, 6.07) is 23.1. The Morgan fingerprint density at radius 3 is 2.52 bits per heavy atom. The lowest BCUT2D eigenvalue weighted by Crippen LogP contribution is -2.40. The fourth-order valence-electron chi connectivity index (χ4n) is 4.67. The van der Waals surface area contributed by atoms with Crippen LogP contribution in [0.25, 0.3) is 10.9 Å². The van der Waals surface area contributed by atoms with E-state index in [1.807, 2.05) is 67.7 Å². The maximum Gasteiger partial charge on any atom is 0.255 e. The van der Waals surface area contributed by atoms with E-state index in [1.165, 1.54) is 0 Å². The van der Waals surface area contributed by atoms with Gasteiger partial charge in [0.05, 0.1) is 6.04 Å². The number of aryl methyl sites for hydroxylation is 1. The Morgan fingerprint density at radius 2 is 1.70 bits per heavy atom. The van der Waals surface area contributed by atoms with Gasteiger partial charge in [-0.15, -0.1) is 0 Å². The summed E-state index contributed by atoms with van der Waals surface area (Å²) in [7, 11) is 2.00. The molecule has 1 N–H and O–H groups in total. The number of para-hydroxylation sites is 1. The fourth-order valence-corrected chi connectivity index (χ4v) is 4.79. The number of halogens is 1. The van der Waals surface area contributed by atoms with Crippen LogP contribution in [0.3, 0.4) is 0 Å². The number of nitrogens with zero attached hydrogens (tertiary/aromatic N) is 2. The highest BCUT2D eigenvalue weighted by Gasteiger charge is 2.39. The smallest absolute Gasteiger partial charge is 0.255 e. The van der Waals surface area contributed by atoms with Gasteiger partial charge in [0.1, 0.15) is 6.54 Å². The number of fused-ring (bicyclic) bond motifs is 2. The third-order valence-corrected chi connectivity index (χ3v) is 6.50. The topological polar surface area (TPSA) is 54.3 Å². The van der Waals surface area contributed by atoms with Gasteiger partial charge in [0.15, 0.2) is 0 Å². The van der Waals surface area contributed by atoms with E-state index < -0.39 is 0 Å². The van der Waals surface area contributed by atoms with Crippen molar-refractivity contribution in [2.24, 2.45) is 7.05 Å². The molecule has 0 spiro atoms. The number of rotatable bonds is 6. The SMILES string of the molecule is Cn1cc(C2c3ccccc3C(=O)N2CC(=O)NCCc2ccc(Cl)cc2)c2ccccc21. The highest BCUT2D eigenvalue weighted by molar-refractivity contribution is 6.30. The van der Waals surface area contributed by atoms with Gasteiger partial charge >= 0.3 is 0 Å². The monoisotopic (exact) mass is 457 g/mol. The van der Waals surface area contributed by atoms with Gasteiger partial charge in [-0.3, -0.25) is 9.59 Å². The van der Waals surface area contributed by atoms with Gasteiger partial charge in [-0.2, -0.15) is 0 Å². The average molecular weight is 458 g/mol. The summed E-state index contributed by atoms with van der Waals surface area (Å²) in [5.74, 6) is -0.285. The van der Waals surface area contributed by atoms with Crippen LogP contribution in [-0.2, 0) is 18.3 Å². The number of hydrogen-bond donors (Lipinski definition) is 1. The minimum Gasteiger partial charge on any atom is -0.354 e. The van der Waals surface area contributed by atoms with Crippen LogP contribution in [0.1, 0.15) is 33.1 Å². The summed E-state index contributed by atoms with van der Waals surface area (Å²) in [5.41, 5.74) is 4.81. The quantitative estimate of drug-likeness (QED) is 0.455. The summed E-state index contributed by atoms with van der Waals surface area (Å²) in [6.07, 6.45) is 2.76. The molecule has 2 amide bonds. The molecule has 3 aromatic carbocycles. The zero-order valence-corrected chi connectivity index (χ0v) is 19.0. The van der Waals surface area contributed by atoms with Crippen molar-refractivity contribution in [3.63, 3.8) is 0 Å². The van der Waals surface area contributed by atoms with Crippen LogP contribution in [-0.4, -0.2) is 34.4 Å².